The number of anilines is 1. The number of rotatable bonds is 5. The maximum atomic E-state index is 12.5. The third-order valence-electron chi connectivity index (χ3n) is 3.49. The van der Waals surface area contributed by atoms with Crippen LogP contribution < -0.4 is 14.8 Å². The van der Waals surface area contributed by atoms with Gasteiger partial charge >= 0.3 is 0 Å². The molecule has 122 valence electrons. The first-order valence-electron chi connectivity index (χ1n) is 7.26. The average molecular weight is 324 g/mol. The zero-order valence-corrected chi connectivity index (χ0v) is 13.3. The van der Waals surface area contributed by atoms with Gasteiger partial charge < -0.3 is 19.3 Å². The Labute approximate surface area is 139 Å². The van der Waals surface area contributed by atoms with Gasteiger partial charge in [-0.25, -0.2) is 0 Å². The molecule has 0 saturated heterocycles. The molecular formula is C18H16N2O4. The monoisotopic (exact) mass is 324 g/mol. The number of benzene rings is 2. The molecule has 0 atom stereocenters. The predicted molar refractivity (Wildman–Crippen MR) is 89.4 cm³/mol. The summed E-state index contributed by atoms with van der Waals surface area (Å²) >= 11 is 0. The summed E-state index contributed by atoms with van der Waals surface area (Å²) < 4.78 is 15.7. The lowest BCUT2D eigenvalue weighted by Gasteiger charge is -2.10. The average Bonchev–Trinajstić information content (AvgIpc) is 3.12. The lowest BCUT2D eigenvalue weighted by molar-refractivity contribution is 0.102. The molecule has 0 radical (unpaired) electrons. The number of hydrogen-bond acceptors (Lipinski definition) is 5. The van der Waals surface area contributed by atoms with Gasteiger partial charge in [-0.2, -0.15) is 0 Å². The van der Waals surface area contributed by atoms with Crippen LogP contribution in [0.1, 0.15) is 10.4 Å². The van der Waals surface area contributed by atoms with Crippen molar-refractivity contribution in [3.8, 4) is 22.8 Å². The number of nitrogens with one attached hydrogen (secondary N) is 1. The molecule has 6 nitrogen and oxygen atoms in total. The maximum absolute atomic E-state index is 12.5. The molecule has 1 heterocycles. The fourth-order valence-corrected chi connectivity index (χ4v) is 2.31. The number of carbonyl (C=O) groups is 1. The molecular weight excluding hydrogens is 308 g/mol. The Bertz CT molecular complexity index is 843. The van der Waals surface area contributed by atoms with Crippen LogP contribution in [0.4, 0.5) is 5.69 Å². The van der Waals surface area contributed by atoms with Crippen molar-refractivity contribution in [2.75, 3.05) is 19.5 Å². The third kappa shape index (κ3) is 3.08. The van der Waals surface area contributed by atoms with Crippen molar-refractivity contribution in [3.05, 3.63) is 60.3 Å². The van der Waals surface area contributed by atoms with Gasteiger partial charge in [-0.1, -0.05) is 35.5 Å². The summed E-state index contributed by atoms with van der Waals surface area (Å²) in [6.45, 7) is 0. The van der Waals surface area contributed by atoms with Crippen molar-refractivity contribution in [2.45, 2.75) is 0 Å². The lowest BCUT2D eigenvalue weighted by atomic mass is 10.1. The molecule has 24 heavy (non-hydrogen) atoms. The zero-order valence-electron chi connectivity index (χ0n) is 13.3. The number of carbonyl (C=O) groups excluding carboxylic acids is 1. The van der Waals surface area contributed by atoms with E-state index < -0.39 is 0 Å². The van der Waals surface area contributed by atoms with Gasteiger partial charge in [0.25, 0.3) is 5.91 Å². The number of nitrogens with zero attached hydrogens (tertiary/aromatic N) is 1. The Morgan fingerprint density at radius 2 is 1.79 bits per heavy atom. The van der Waals surface area contributed by atoms with E-state index in [-0.39, 0.29) is 5.91 Å². The molecule has 1 N–H and O–H groups in total. The van der Waals surface area contributed by atoms with E-state index in [4.69, 9.17) is 14.0 Å². The molecule has 1 aromatic heterocycles. The second-order valence-corrected chi connectivity index (χ2v) is 4.96. The molecule has 3 rings (SSSR count). The molecule has 0 fully saturated rings. The van der Waals surface area contributed by atoms with Crippen LogP contribution in [0.3, 0.4) is 0 Å². The van der Waals surface area contributed by atoms with Gasteiger partial charge in [-0.15, -0.1) is 0 Å². The Balaban J connectivity index is 1.85. The number of hydrogen-bond donors (Lipinski definition) is 1. The minimum atomic E-state index is -0.317. The van der Waals surface area contributed by atoms with Crippen LogP contribution in [0.5, 0.6) is 11.5 Å². The van der Waals surface area contributed by atoms with Gasteiger partial charge in [-0.3, -0.25) is 4.79 Å². The summed E-state index contributed by atoms with van der Waals surface area (Å²) in [6, 6.07) is 14.5. The van der Waals surface area contributed by atoms with Gasteiger partial charge in [-0.05, 0) is 12.1 Å². The summed E-state index contributed by atoms with van der Waals surface area (Å²) in [5.74, 6) is 1.23. The molecule has 0 spiro atoms. The number of ether oxygens (including phenoxy) is 2. The Morgan fingerprint density at radius 1 is 1.04 bits per heavy atom. The standard InChI is InChI=1S/C18H16N2O4/c1-22-15-9-8-13(10-16(15)23-2)20-18(21)14-11-19-24-17(14)12-6-4-3-5-7-12/h3-11H,1-2H3,(H,20,21). The topological polar surface area (TPSA) is 73.6 Å². The zero-order chi connectivity index (χ0) is 16.9. The summed E-state index contributed by atoms with van der Waals surface area (Å²) in [5.41, 5.74) is 1.72. The highest BCUT2D eigenvalue weighted by Crippen LogP contribution is 2.30. The van der Waals surface area contributed by atoms with E-state index in [1.165, 1.54) is 13.3 Å². The molecule has 0 unspecified atom stereocenters. The van der Waals surface area contributed by atoms with Gasteiger partial charge in [0.1, 0.15) is 5.56 Å². The van der Waals surface area contributed by atoms with Crippen LogP contribution in [-0.2, 0) is 0 Å². The van der Waals surface area contributed by atoms with Crippen molar-refractivity contribution in [2.24, 2.45) is 0 Å². The minimum Gasteiger partial charge on any atom is -0.493 e. The highest BCUT2D eigenvalue weighted by Gasteiger charge is 2.18. The molecule has 0 saturated carbocycles. The summed E-state index contributed by atoms with van der Waals surface area (Å²) in [7, 11) is 3.09. The van der Waals surface area contributed by atoms with Gasteiger partial charge in [0.15, 0.2) is 17.3 Å². The van der Waals surface area contributed by atoms with Crippen LogP contribution in [-0.4, -0.2) is 25.3 Å². The first kappa shape index (κ1) is 15.6. The van der Waals surface area contributed by atoms with Crippen LogP contribution in [0.2, 0.25) is 0 Å². The maximum Gasteiger partial charge on any atom is 0.261 e. The van der Waals surface area contributed by atoms with E-state index in [0.29, 0.717) is 28.5 Å². The second-order valence-electron chi connectivity index (χ2n) is 4.96. The van der Waals surface area contributed by atoms with E-state index in [1.807, 2.05) is 30.3 Å². The van der Waals surface area contributed by atoms with Crippen molar-refractivity contribution < 1.29 is 18.8 Å². The van der Waals surface area contributed by atoms with Gasteiger partial charge in [0, 0.05) is 17.3 Å². The van der Waals surface area contributed by atoms with E-state index >= 15 is 0 Å². The van der Waals surface area contributed by atoms with Crippen LogP contribution in [0.15, 0.2) is 59.3 Å². The van der Waals surface area contributed by atoms with E-state index in [2.05, 4.69) is 10.5 Å². The molecule has 2 aromatic carbocycles. The van der Waals surface area contributed by atoms with Crippen LogP contribution >= 0.6 is 0 Å². The number of aromatic nitrogens is 1. The number of methoxy groups -OCH3 is 2. The third-order valence-corrected chi connectivity index (χ3v) is 3.49. The Hall–Kier alpha value is -3.28. The first-order valence-corrected chi connectivity index (χ1v) is 7.26. The molecule has 0 bridgehead atoms. The quantitative estimate of drug-likeness (QED) is 0.776. The van der Waals surface area contributed by atoms with Gasteiger partial charge in [0.05, 0.1) is 20.4 Å². The van der Waals surface area contributed by atoms with E-state index in [1.54, 1.807) is 25.3 Å². The van der Waals surface area contributed by atoms with Crippen molar-refractivity contribution in [3.63, 3.8) is 0 Å². The van der Waals surface area contributed by atoms with Crippen molar-refractivity contribution in [1.82, 2.24) is 5.16 Å². The molecule has 0 aliphatic heterocycles. The smallest absolute Gasteiger partial charge is 0.261 e. The highest BCUT2D eigenvalue weighted by atomic mass is 16.5. The molecule has 0 aliphatic carbocycles. The Kier molecular flexibility index (Phi) is 4.47. The summed E-state index contributed by atoms with van der Waals surface area (Å²) in [4.78, 5) is 12.5. The fourth-order valence-electron chi connectivity index (χ4n) is 2.31. The molecule has 3 aromatic rings. The van der Waals surface area contributed by atoms with E-state index in [9.17, 15) is 4.79 Å². The number of amides is 1. The molecule has 1 amide bonds. The predicted octanol–water partition coefficient (Wildman–Crippen LogP) is 3.61. The van der Waals surface area contributed by atoms with Gasteiger partial charge in [0.2, 0.25) is 0 Å². The molecule has 0 aliphatic rings. The fraction of sp³-hybridized carbons (Fsp3) is 0.111. The molecule has 6 heteroatoms. The SMILES string of the molecule is COc1ccc(NC(=O)c2cnoc2-c2ccccc2)cc1OC. The highest BCUT2D eigenvalue weighted by molar-refractivity contribution is 6.07. The largest absolute Gasteiger partial charge is 0.493 e. The minimum absolute atomic E-state index is 0.317. The Morgan fingerprint density at radius 3 is 2.50 bits per heavy atom. The second kappa shape index (κ2) is 6.87. The van der Waals surface area contributed by atoms with Crippen LogP contribution in [0, 0.1) is 0 Å². The lowest BCUT2D eigenvalue weighted by Crippen LogP contribution is -2.12. The van der Waals surface area contributed by atoms with Crippen LogP contribution in [0.25, 0.3) is 11.3 Å². The van der Waals surface area contributed by atoms with Crippen molar-refractivity contribution in [1.29, 1.82) is 0 Å². The van der Waals surface area contributed by atoms with Crippen molar-refractivity contribution >= 4 is 11.6 Å². The first-order chi connectivity index (χ1) is 11.7. The normalized spacial score (nSPS) is 10.2. The summed E-state index contributed by atoms with van der Waals surface area (Å²) in [5, 5.41) is 6.55. The summed E-state index contributed by atoms with van der Waals surface area (Å²) in [6.07, 6.45) is 1.40. The van der Waals surface area contributed by atoms with E-state index in [0.717, 1.165) is 5.56 Å².